The lowest BCUT2D eigenvalue weighted by Gasteiger charge is -2.18. The lowest BCUT2D eigenvalue weighted by atomic mass is 10.1. The van der Waals surface area contributed by atoms with Crippen LogP contribution in [0.1, 0.15) is 11.3 Å². The molecule has 1 nitrogen and oxygen atoms in total. The van der Waals surface area contributed by atoms with Crippen LogP contribution in [0.3, 0.4) is 0 Å². The smallest absolute Gasteiger partial charge is 0.141 e. The van der Waals surface area contributed by atoms with Crippen molar-refractivity contribution in [2.45, 2.75) is 11.2 Å². The fourth-order valence-corrected chi connectivity index (χ4v) is 3.20. The summed E-state index contributed by atoms with van der Waals surface area (Å²) in [6.07, 6.45) is 3.95. The summed E-state index contributed by atoms with van der Waals surface area (Å²) in [6, 6.07) is 4.02. The van der Waals surface area contributed by atoms with Crippen LogP contribution < -0.4 is 0 Å². The first-order valence-electron chi connectivity index (χ1n) is 3.70. The first-order valence-corrected chi connectivity index (χ1v) is 5.46. The molecule has 0 spiro atoms. The van der Waals surface area contributed by atoms with Gasteiger partial charge >= 0.3 is 0 Å². The molecule has 2 heterocycles. The van der Waals surface area contributed by atoms with E-state index in [9.17, 15) is 4.79 Å². The van der Waals surface area contributed by atoms with Gasteiger partial charge in [0.2, 0.25) is 0 Å². The maximum Gasteiger partial charge on any atom is 0.141 e. The van der Waals surface area contributed by atoms with Crippen LogP contribution in [0.4, 0.5) is 0 Å². The monoisotopic (exact) mass is 196 g/mol. The van der Waals surface area contributed by atoms with Crippen LogP contribution in [0.15, 0.2) is 29.0 Å². The molecule has 1 aromatic rings. The normalized spacial score (nSPS) is 27.7. The molecule has 0 aliphatic carbocycles. The molecule has 1 aliphatic rings. The molecule has 1 atom stereocenters. The molecule has 0 N–H and O–H groups in total. The average molecular weight is 196 g/mol. The zero-order valence-corrected chi connectivity index (χ0v) is 8.03. The molecule has 2 rings (SSSR count). The van der Waals surface area contributed by atoms with Crippen molar-refractivity contribution in [2.75, 3.05) is 0 Å². The topological polar surface area (TPSA) is 17.1 Å². The Morgan fingerprint density at radius 3 is 3.00 bits per heavy atom. The summed E-state index contributed by atoms with van der Waals surface area (Å²) >= 11 is 3.26. The highest BCUT2D eigenvalue weighted by Gasteiger charge is 2.34. The van der Waals surface area contributed by atoms with Gasteiger partial charge < -0.3 is 4.79 Å². The van der Waals surface area contributed by atoms with E-state index in [1.807, 2.05) is 22.9 Å². The van der Waals surface area contributed by atoms with Gasteiger partial charge in [-0.1, -0.05) is 12.1 Å². The number of rotatable bonds is 2. The third kappa shape index (κ3) is 1.13. The fraction of sp³-hybridized carbons (Fsp3) is 0.222. The van der Waals surface area contributed by atoms with Crippen molar-refractivity contribution >= 4 is 29.4 Å². The van der Waals surface area contributed by atoms with Crippen molar-refractivity contribution in [3.8, 4) is 0 Å². The number of hydrogen-bond donors (Lipinski definition) is 0. The summed E-state index contributed by atoms with van der Waals surface area (Å²) in [4.78, 5) is 12.1. The zero-order valence-electron chi connectivity index (χ0n) is 6.40. The number of hydrogen-bond acceptors (Lipinski definition) is 3. The van der Waals surface area contributed by atoms with Crippen LogP contribution in [0.25, 0.3) is 0 Å². The van der Waals surface area contributed by atoms with E-state index in [4.69, 9.17) is 0 Å². The molecule has 0 radical (unpaired) electrons. The quantitative estimate of drug-likeness (QED) is 0.677. The Morgan fingerprint density at radius 2 is 2.50 bits per heavy atom. The van der Waals surface area contributed by atoms with E-state index in [-0.39, 0.29) is 4.75 Å². The minimum atomic E-state index is -0.297. The predicted octanol–water partition coefficient (Wildman–Crippen LogP) is 2.79. The summed E-state index contributed by atoms with van der Waals surface area (Å²) in [6.45, 7) is 0. The standard InChI is InChI=1S/C9H8OS2/c10-7-9(4-2-6-12-9)8-3-1-5-11-8/h1-3,5-7H,4H2. The third-order valence-corrected chi connectivity index (χ3v) is 4.33. The lowest BCUT2D eigenvalue weighted by Crippen LogP contribution is -2.18. The lowest BCUT2D eigenvalue weighted by molar-refractivity contribution is -0.109. The van der Waals surface area contributed by atoms with Gasteiger partial charge in [0.05, 0.1) is 0 Å². The van der Waals surface area contributed by atoms with Crippen molar-refractivity contribution in [1.82, 2.24) is 0 Å². The van der Waals surface area contributed by atoms with Gasteiger partial charge in [-0.25, -0.2) is 0 Å². The van der Waals surface area contributed by atoms with Crippen molar-refractivity contribution in [1.29, 1.82) is 0 Å². The Balaban J connectivity index is 2.36. The maximum atomic E-state index is 11.0. The fourth-order valence-electron chi connectivity index (χ4n) is 1.25. The molecule has 12 heavy (non-hydrogen) atoms. The van der Waals surface area contributed by atoms with Crippen molar-refractivity contribution < 1.29 is 4.79 Å². The second-order valence-corrected chi connectivity index (χ2v) is 4.86. The summed E-state index contributed by atoms with van der Waals surface area (Å²) < 4.78 is -0.297. The zero-order chi connectivity index (χ0) is 8.44. The van der Waals surface area contributed by atoms with Crippen LogP contribution in [-0.2, 0) is 9.54 Å². The molecular formula is C9H8OS2. The van der Waals surface area contributed by atoms with Gasteiger partial charge in [0.15, 0.2) is 0 Å². The van der Waals surface area contributed by atoms with Gasteiger partial charge in [-0.3, -0.25) is 0 Å². The molecular weight excluding hydrogens is 188 g/mol. The molecule has 0 amide bonds. The first kappa shape index (κ1) is 8.08. The van der Waals surface area contributed by atoms with Gasteiger partial charge in [0.25, 0.3) is 0 Å². The molecule has 0 saturated carbocycles. The van der Waals surface area contributed by atoms with Gasteiger partial charge in [-0.15, -0.1) is 23.1 Å². The van der Waals surface area contributed by atoms with Gasteiger partial charge in [0, 0.05) is 4.88 Å². The molecule has 1 aromatic heterocycles. The molecule has 0 saturated heterocycles. The molecule has 62 valence electrons. The molecule has 1 aliphatic heterocycles. The summed E-state index contributed by atoms with van der Waals surface area (Å²) in [5.74, 6) is 0. The van der Waals surface area contributed by atoms with E-state index in [1.54, 1.807) is 23.1 Å². The Labute approximate surface area is 79.5 Å². The highest BCUT2D eigenvalue weighted by Crippen LogP contribution is 2.45. The van der Waals surface area contributed by atoms with Crippen LogP contribution in [0, 0.1) is 0 Å². The Morgan fingerprint density at radius 1 is 1.58 bits per heavy atom. The summed E-state index contributed by atoms with van der Waals surface area (Å²) in [7, 11) is 0. The van der Waals surface area contributed by atoms with E-state index in [1.165, 1.54) is 0 Å². The second kappa shape index (κ2) is 3.07. The molecule has 1 unspecified atom stereocenters. The number of carbonyl (C=O) groups excluding carboxylic acids is 1. The highest BCUT2D eigenvalue weighted by molar-refractivity contribution is 8.04. The van der Waals surface area contributed by atoms with Gasteiger partial charge in [-0.05, 0) is 23.3 Å². The first-order chi connectivity index (χ1) is 5.87. The third-order valence-electron chi connectivity index (χ3n) is 1.92. The number of aldehydes is 1. The van der Waals surface area contributed by atoms with E-state index in [0.29, 0.717) is 0 Å². The highest BCUT2D eigenvalue weighted by atomic mass is 32.2. The number of thioether (sulfide) groups is 1. The number of carbonyl (C=O) groups is 1. The number of allylic oxidation sites excluding steroid dienone is 1. The Hall–Kier alpha value is -0.540. The van der Waals surface area contributed by atoms with E-state index in [2.05, 4.69) is 6.08 Å². The van der Waals surface area contributed by atoms with Crippen LogP contribution in [0.5, 0.6) is 0 Å². The SMILES string of the molecule is O=CC1(c2cccs2)CC=CS1. The maximum absolute atomic E-state index is 11.0. The van der Waals surface area contributed by atoms with E-state index in [0.717, 1.165) is 17.6 Å². The molecule has 0 fully saturated rings. The van der Waals surface area contributed by atoms with Crippen molar-refractivity contribution in [3.05, 3.63) is 33.9 Å². The minimum absolute atomic E-state index is 0.297. The second-order valence-electron chi connectivity index (χ2n) is 2.68. The average Bonchev–Trinajstić information content (AvgIpc) is 2.76. The van der Waals surface area contributed by atoms with Crippen molar-refractivity contribution in [2.24, 2.45) is 0 Å². The Kier molecular flexibility index (Phi) is 2.07. The minimum Gasteiger partial charge on any atom is -0.301 e. The van der Waals surface area contributed by atoms with Crippen LogP contribution in [0.2, 0.25) is 0 Å². The van der Waals surface area contributed by atoms with Gasteiger partial charge in [-0.2, -0.15) is 0 Å². The van der Waals surface area contributed by atoms with Gasteiger partial charge in [0.1, 0.15) is 11.0 Å². The van der Waals surface area contributed by atoms with E-state index >= 15 is 0 Å². The largest absolute Gasteiger partial charge is 0.301 e. The van der Waals surface area contributed by atoms with Crippen LogP contribution in [-0.4, -0.2) is 6.29 Å². The molecule has 3 heteroatoms. The number of thiophene rings is 1. The Bertz CT molecular complexity index is 292. The van der Waals surface area contributed by atoms with E-state index < -0.39 is 0 Å². The van der Waals surface area contributed by atoms with Crippen molar-refractivity contribution in [3.63, 3.8) is 0 Å². The summed E-state index contributed by atoms with van der Waals surface area (Å²) in [5.41, 5.74) is 0. The van der Waals surface area contributed by atoms with Crippen LogP contribution >= 0.6 is 23.1 Å². The molecule has 0 bridgehead atoms. The predicted molar refractivity (Wildman–Crippen MR) is 53.4 cm³/mol. The molecule has 0 aromatic carbocycles. The summed E-state index contributed by atoms with van der Waals surface area (Å²) in [5, 5.41) is 4.02.